The molecule has 1 heterocycles. The number of carbonyl (C=O) groups is 1. The first-order valence-corrected chi connectivity index (χ1v) is 8.41. The van der Waals surface area contributed by atoms with Gasteiger partial charge in [-0.2, -0.15) is 0 Å². The van der Waals surface area contributed by atoms with Crippen LogP contribution in [0.15, 0.2) is 30.3 Å². The van der Waals surface area contributed by atoms with Gasteiger partial charge in [0.2, 0.25) is 0 Å². The van der Waals surface area contributed by atoms with Crippen LogP contribution in [0.2, 0.25) is 0 Å². The average Bonchev–Trinajstić information content (AvgIpc) is 3.05. The molecule has 1 fully saturated rings. The van der Waals surface area contributed by atoms with E-state index in [4.69, 9.17) is 13.9 Å². The molecular formula is C14H21O4P. The third-order valence-corrected chi connectivity index (χ3v) is 6.81. The first kappa shape index (κ1) is 14.6. The second-order valence-electron chi connectivity index (χ2n) is 6.08. The third kappa shape index (κ3) is 2.23. The molecule has 0 unspecified atom stereocenters. The molecule has 1 aliphatic rings. The van der Waals surface area contributed by atoms with Crippen molar-refractivity contribution in [2.24, 2.45) is 5.41 Å². The molecule has 0 aromatic heterocycles. The van der Waals surface area contributed by atoms with Crippen molar-refractivity contribution < 1.29 is 18.7 Å². The molecule has 1 aliphatic heterocycles. The van der Waals surface area contributed by atoms with E-state index in [2.05, 4.69) is 0 Å². The van der Waals surface area contributed by atoms with E-state index in [0.717, 1.165) is 0 Å². The van der Waals surface area contributed by atoms with E-state index in [-0.39, 0.29) is 11.6 Å². The molecule has 0 N–H and O–H groups in total. The number of carbonyl (C=O) groups excluding carboxylic acids is 1. The van der Waals surface area contributed by atoms with Crippen LogP contribution in [-0.2, 0) is 18.7 Å². The van der Waals surface area contributed by atoms with Gasteiger partial charge in [-0.1, -0.05) is 0 Å². The maximum atomic E-state index is 12.9. The van der Waals surface area contributed by atoms with Crippen LogP contribution in [0, 0.1) is 5.41 Å². The molecule has 1 aromatic rings. The fourth-order valence-corrected chi connectivity index (χ4v) is 5.92. The summed E-state index contributed by atoms with van der Waals surface area (Å²) in [7, 11) is -3.81. The van der Waals surface area contributed by atoms with E-state index in [1.165, 1.54) is 0 Å². The van der Waals surface area contributed by atoms with Crippen LogP contribution in [0.5, 0.6) is 0 Å². The average molecular weight is 284 g/mol. The molecule has 0 atom stereocenters. The monoisotopic (exact) mass is 284 g/mol. The topological polar surface area (TPSA) is 51.4 Å². The Morgan fingerprint density at radius 3 is 2.05 bits per heavy atom. The molecule has 0 saturated carbocycles. The molecule has 106 valence electrons. The Kier molecular flexibility index (Phi) is 3.35. The van der Waals surface area contributed by atoms with Gasteiger partial charge < -0.3 is 0 Å². The van der Waals surface area contributed by atoms with Gasteiger partial charge in [-0.05, 0) is 0 Å². The molecule has 2 rings (SSSR count). The van der Waals surface area contributed by atoms with E-state index in [1.807, 2.05) is 65.0 Å². The van der Waals surface area contributed by atoms with E-state index < -0.39 is 12.7 Å². The van der Waals surface area contributed by atoms with Crippen LogP contribution in [0.1, 0.15) is 34.6 Å². The van der Waals surface area contributed by atoms with Crippen LogP contribution in [-0.4, -0.2) is 11.6 Å². The zero-order valence-corrected chi connectivity index (χ0v) is 12.9. The van der Waals surface area contributed by atoms with Gasteiger partial charge in [-0.25, -0.2) is 0 Å². The molecular weight excluding hydrogens is 263 g/mol. The van der Waals surface area contributed by atoms with E-state index in [0.29, 0.717) is 5.30 Å². The second kappa shape index (κ2) is 4.35. The van der Waals surface area contributed by atoms with Crippen molar-refractivity contribution >= 4 is 18.1 Å². The summed E-state index contributed by atoms with van der Waals surface area (Å²) in [6, 6.07) is 9.26. The maximum absolute atomic E-state index is 12.9. The van der Waals surface area contributed by atoms with Gasteiger partial charge in [0.25, 0.3) is 0 Å². The molecule has 0 radical (unpaired) electrons. The summed E-state index contributed by atoms with van der Waals surface area (Å²) in [4.78, 5) is 12.9. The van der Waals surface area contributed by atoms with Crippen molar-refractivity contribution in [2.75, 3.05) is 0 Å². The van der Waals surface area contributed by atoms with Crippen LogP contribution >= 0.6 is 7.28 Å². The predicted octanol–water partition coefficient (Wildman–Crippen LogP) is 3.57. The van der Waals surface area contributed by atoms with Crippen molar-refractivity contribution in [3.05, 3.63) is 30.3 Å². The van der Waals surface area contributed by atoms with Crippen LogP contribution < -0.4 is 5.30 Å². The molecule has 5 heteroatoms. The third-order valence-electron chi connectivity index (χ3n) is 2.88. The Labute approximate surface area is 114 Å². The molecule has 1 aromatic carbocycles. The van der Waals surface area contributed by atoms with E-state index in [1.54, 1.807) is 0 Å². The first-order chi connectivity index (χ1) is 8.71. The van der Waals surface area contributed by atoms with E-state index >= 15 is 0 Å². The summed E-state index contributed by atoms with van der Waals surface area (Å²) in [5, 5.41) is 0.696. The molecule has 1 saturated heterocycles. The zero-order valence-electron chi connectivity index (χ0n) is 12.0. The van der Waals surface area contributed by atoms with Crippen molar-refractivity contribution in [3.8, 4) is 0 Å². The minimum atomic E-state index is -3.81. The van der Waals surface area contributed by atoms with Crippen LogP contribution in [0.4, 0.5) is 0 Å². The summed E-state index contributed by atoms with van der Waals surface area (Å²) < 4.78 is 16.6. The van der Waals surface area contributed by atoms with Gasteiger partial charge in [-0.15, -0.1) is 0 Å². The summed E-state index contributed by atoms with van der Waals surface area (Å²) in [5.74, 6) is 0. The number of hydrogen-bond acceptors (Lipinski definition) is 4. The van der Waals surface area contributed by atoms with Gasteiger partial charge in [0.05, 0.1) is 0 Å². The molecule has 0 amide bonds. The summed E-state index contributed by atoms with van der Waals surface area (Å²) in [5.41, 5.74) is -0.711. The summed E-state index contributed by atoms with van der Waals surface area (Å²) in [6.07, 6.45) is -0.160. The van der Waals surface area contributed by atoms with Gasteiger partial charge in [0.1, 0.15) is 0 Å². The van der Waals surface area contributed by atoms with Gasteiger partial charge in [0.15, 0.2) is 0 Å². The molecule has 0 spiro atoms. The Morgan fingerprint density at radius 1 is 1.16 bits per heavy atom. The van der Waals surface area contributed by atoms with Crippen molar-refractivity contribution in [1.82, 2.24) is 0 Å². The first-order valence-electron chi connectivity index (χ1n) is 6.42. The SMILES string of the molecule is CC(C)OP1(C(=O)C(C)(C)C)(c2ccccc2)OO1. The van der Waals surface area contributed by atoms with Gasteiger partial charge >= 0.3 is 113 Å². The Hall–Kier alpha value is -0.800. The molecule has 19 heavy (non-hydrogen) atoms. The normalized spacial score (nSPS) is 22.5. The fourth-order valence-electron chi connectivity index (χ4n) is 2.11. The van der Waals surface area contributed by atoms with Gasteiger partial charge in [0, 0.05) is 0 Å². The summed E-state index contributed by atoms with van der Waals surface area (Å²) in [6.45, 7) is 9.29. The molecule has 0 aliphatic carbocycles. The van der Waals surface area contributed by atoms with Gasteiger partial charge in [-0.3, -0.25) is 0 Å². The van der Waals surface area contributed by atoms with Crippen molar-refractivity contribution in [1.29, 1.82) is 0 Å². The standard InChI is InChI=1S/C14H21O4P/c1-11(2)16-19(17-18-19,13(15)14(3,4)5)12-9-7-6-8-10-12/h6-11H,1-5H3. The Balaban J connectivity index is 2.56. The van der Waals surface area contributed by atoms with Crippen LogP contribution in [0.25, 0.3) is 0 Å². The zero-order chi connectivity index (χ0) is 14.3. The van der Waals surface area contributed by atoms with E-state index in [9.17, 15) is 4.79 Å². The second-order valence-corrected chi connectivity index (χ2v) is 9.27. The number of hydrogen-bond donors (Lipinski definition) is 0. The quantitative estimate of drug-likeness (QED) is 0.482. The Morgan fingerprint density at radius 2 is 1.68 bits per heavy atom. The summed E-state index contributed by atoms with van der Waals surface area (Å²) >= 11 is 0. The van der Waals surface area contributed by atoms with Crippen LogP contribution in [0.3, 0.4) is 0 Å². The molecule has 4 nitrogen and oxygen atoms in total. The van der Waals surface area contributed by atoms with Crippen molar-refractivity contribution in [3.63, 3.8) is 0 Å². The van der Waals surface area contributed by atoms with Crippen molar-refractivity contribution in [2.45, 2.75) is 40.7 Å². The fraction of sp³-hybridized carbons (Fsp3) is 0.500. The predicted molar refractivity (Wildman–Crippen MR) is 75.8 cm³/mol. The minimum absolute atomic E-state index is 0.113. The number of rotatable bonds is 4. The molecule has 0 bridgehead atoms. The Bertz CT molecular complexity index is 486. The number of benzene rings is 1.